The minimum Gasteiger partial charge on any atom is -0.0683 e. The molecule has 0 atom stereocenters. The highest BCUT2D eigenvalue weighted by Gasteiger charge is 1.97. The van der Waals surface area contributed by atoms with Gasteiger partial charge in [0.05, 0.1) is 0 Å². The molecule has 130 valence electrons. The molecule has 0 spiro atoms. The van der Waals surface area contributed by atoms with Crippen LogP contribution in [0.15, 0.2) is 60.7 Å². The first-order valence-corrected chi connectivity index (χ1v) is 9.07. The van der Waals surface area contributed by atoms with E-state index in [1.807, 2.05) is 27.7 Å². The summed E-state index contributed by atoms with van der Waals surface area (Å²) < 4.78 is 0. The molecule has 3 rings (SSSR count). The van der Waals surface area contributed by atoms with E-state index < -0.39 is 0 Å². The van der Waals surface area contributed by atoms with Gasteiger partial charge in [0.2, 0.25) is 0 Å². The Hall–Kier alpha value is -2.08. The molecule has 0 aliphatic carbocycles. The summed E-state index contributed by atoms with van der Waals surface area (Å²) in [5.41, 5.74) is 5.50. The maximum Gasteiger partial charge on any atom is -0.0152 e. The monoisotopic (exact) mass is 322 g/mol. The van der Waals surface area contributed by atoms with E-state index in [9.17, 15) is 0 Å². The van der Waals surface area contributed by atoms with Gasteiger partial charge < -0.3 is 0 Å². The van der Waals surface area contributed by atoms with Gasteiger partial charge in [0, 0.05) is 0 Å². The Morgan fingerprint density at radius 2 is 0.917 bits per heavy atom. The van der Waals surface area contributed by atoms with E-state index in [-0.39, 0.29) is 0 Å². The number of benzene rings is 3. The minimum absolute atomic E-state index is 1.33. The van der Waals surface area contributed by atoms with Crippen LogP contribution in [0, 0.1) is 27.7 Å². The van der Waals surface area contributed by atoms with Crippen molar-refractivity contribution >= 4 is 10.8 Å². The second-order valence-electron chi connectivity index (χ2n) is 5.31. The van der Waals surface area contributed by atoms with E-state index in [2.05, 4.69) is 88.4 Å². The van der Waals surface area contributed by atoms with Crippen molar-refractivity contribution in [3.8, 4) is 0 Å². The molecule has 0 unspecified atom stereocenters. The lowest BCUT2D eigenvalue weighted by Crippen LogP contribution is -1.82. The summed E-state index contributed by atoms with van der Waals surface area (Å²) in [4.78, 5) is 0. The first-order chi connectivity index (χ1) is 11.6. The van der Waals surface area contributed by atoms with Crippen LogP contribution in [0.5, 0.6) is 0 Å². The molecule has 0 amide bonds. The summed E-state index contributed by atoms with van der Waals surface area (Å²) in [5.74, 6) is 0. The van der Waals surface area contributed by atoms with Gasteiger partial charge in [-0.2, -0.15) is 0 Å². The molecule has 0 saturated heterocycles. The number of rotatable bonds is 0. The van der Waals surface area contributed by atoms with E-state index in [4.69, 9.17) is 0 Å². The number of hydrogen-bond acceptors (Lipinski definition) is 0. The Bertz CT molecular complexity index is 687. The third-order valence-electron chi connectivity index (χ3n) is 3.89. The molecule has 0 aliphatic heterocycles. The molecule has 3 aromatic rings. The van der Waals surface area contributed by atoms with E-state index >= 15 is 0 Å². The summed E-state index contributed by atoms with van der Waals surface area (Å²) in [6.45, 7) is 16.6. The van der Waals surface area contributed by atoms with Crippen molar-refractivity contribution < 1.29 is 0 Å². The summed E-state index contributed by atoms with van der Waals surface area (Å²) in [7, 11) is 0. The molecule has 0 nitrogen and oxygen atoms in total. The molecule has 0 heteroatoms. The van der Waals surface area contributed by atoms with Gasteiger partial charge in [-0.05, 0) is 60.7 Å². The van der Waals surface area contributed by atoms with Crippen LogP contribution < -0.4 is 0 Å². The highest BCUT2D eigenvalue weighted by Crippen LogP contribution is 2.20. The molecule has 0 fully saturated rings. The van der Waals surface area contributed by atoms with Gasteiger partial charge in [-0.25, -0.2) is 0 Å². The fourth-order valence-electron chi connectivity index (χ4n) is 2.20. The van der Waals surface area contributed by atoms with Gasteiger partial charge in [0.1, 0.15) is 0 Å². The molecule has 0 saturated carbocycles. The predicted octanol–water partition coefficient (Wildman–Crippen LogP) is 7.81. The van der Waals surface area contributed by atoms with E-state index in [1.165, 1.54) is 33.0 Å². The molecule has 0 aliphatic rings. The van der Waals surface area contributed by atoms with Crippen LogP contribution in [-0.2, 0) is 0 Å². The number of fused-ring (bicyclic) bond motifs is 1. The minimum atomic E-state index is 1.33. The SMILES string of the molecule is CC.CC.Cc1ccc2ccccc2c1C.Cc1ccccc1C. The molecule has 0 bridgehead atoms. The van der Waals surface area contributed by atoms with Crippen molar-refractivity contribution in [2.75, 3.05) is 0 Å². The Labute approximate surface area is 149 Å². The summed E-state index contributed by atoms with van der Waals surface area (Å²) in [6, 6.07) is 21.2. The van der Waals surface area contributed by atoms with Crippen molar-refractivity contribution in [2.24, 2.45) is 0 Å². The third-order valence-corrected chi connectivity index (χ3v) is 3.89. The third kappa shape index (κ3) is 6.58. The van der Waals surface area contributed by atoms with Crippen LogP contribution >= 0.6 is 0 Å². The topological polar surface area (TPSA) is 0 Å². The molecule has 3 aromatic carbocycles. The molecule has 0 aromatic heterocycles. The molecular formula is C24H34. The second kappa shape index (κ2) is 12.4. The first kappa shape index (κ1) is 21.9. The first-order valence-electron chi connectivity index (χ1n) is 9.07. The molecule has 0 heterocycles. The van der Waals surface area contributed by atoms with Gasteiger partial charge in [-0.3, -0.25) is 0 Å². The Kier molecular flexibility index (Phi) is 11.3. The average molecular weight is 323 g/mol. The van der Waals surface area contributed by atoms with Crippen molar-refractivity contribution in [3.05, 3.63) is 82.9 Å². The van der Waals surface area contributed by atoms with Crippen LogP contribution in [-0.4, -0.2) is 0 Å². The fraction of sp³-hybridized carbons (Fsp3) is 0.333. The van der Waals surface area contributed by atoms with Gasteiger partial charge in [0.15, 0.2) is 0 Å². The lowest BCUT2D eigenvalue weighted by Gasteiger charge is -2.04. The standard InChI is InChI=1S/C12H12.C8H10.2C2H6/c1-9-7-8-11-5-3-4-6-12(11)10(9)2;1-7-5-3-4-6-8(7)2;2*1-2/h3-8H,1-2H3;3-6H,1-2H3;2*1-2H3. The second-order valence-corrected chi connectivity index (χ2v) is 5.31. The van der Waals surface area contributed by atoms with Crippen LogP contribution in [0.3, 0.4) is 0 Å². The normalized spacial score (nSPS) is 8.83. The molecule has 0 N–H and O–H groups in total. The van der Waals surface area contributed by atoms with Gasteiger partial charge >= 0.3 is 0 Å². The summed E-state index contributed by atoms with van der Waals surface area (Å²) >= 11 is 0. The van der Waals surface area contributed by atoms with Crippen molar-refractivity contribution in [2.45, 2.75) is 55.4 Å². The van der Waals surface area contributed by atoms with Crippen LogP contribution in [0.2, 0.25) is 0 Å². The molecule has 24 heavy (non-hydrogen) atoms. The Morgan fingerprint density at radius 1 is 0.458 bits per heavy atom. The van der Waals surface area contributed by atoms with Crippen LogP contribution in [0.25, 0.3) is 10.8 Å². The van der Waals surface area contributed by atoms with Crippen LogP contribution in [0.1, 0.15) is 49.9 Å². The lowest BCUT2D eigenvalue weighted by atomic mass is 10.0. The van der Waals surface area contributed by atoms with Gasteiger partial charge in [-0.1, -0.05) is 88.4 Å². The number of aryl methyl sites for hydroxylation is 4. The Balaban J connectivity index is 0.000000385. The van der Waals surface area contributed by atoms with E-state index in [0.717, 1.165) is 0 Å². The quantitative estimate of drug-likeness (QED) is 0.396. The van der Waals surface area contributed by atoms with E-state index in [1.54, 1.807) is 0 Å². The largest absolute Gasteiger partial charge is 0.0683 e. The van der Waals surface area contributed by atoms with Gasteiger partial charge in [0.25, 0.3) is 0 Å². The summed E-state index contributed by atoms with van der Waals surface area (Å²) in [6.07, 6.45) is 0. The van der Waals surface area contributed by atoms with Crippen molar-refractivity contribution in [1.82, 2.24) is 0 Å². The predicted molar refractivity (Wildman–Crippen MR) is 112 cm³/mol. The fourth-order valence-corrected chi connectivity index (χ4v) is 2.20. The molecular weight excluding hydrogens is 288 g/mol. The zero-order valence-electron chi connectivity index (χ0n) is 16.8. The maximum atomic E-state index is 2.18. The molecule has 0 radical (unpaired) electrons. The van der Waals surface area contributed by atoms with Crippen LogP contribution in [0.4, 0.5) is 0 Å². The highest BCUT2D eigenvalue weighted by atomic mass is 14.0. The highest BCUT2D eigenvalue weighted by molar-refractivity contribution is 5.86. The number of hydrogen-bond donors (Lipinski definition) is 0. The van der Waals surface area contributed by atoms with Crippen molar-refractivity contribution in [1.29, 1.82) is 0 Å². The Morgan fingerprint density at radius 3 is 1.42 bits per heavy atom. The van der Waals surface area contributed by atoms with E-state index in [0.29, 0.717) is 0 Å². The smallest absolute Gasteiger partial charge is 0.0152 e. The maximum absolute atomic E-state index is 2.18. The zero-order chi connectivity index (χ0) is 18.5. The van der Waals surface area contributed by atoms with Gasteiger partial charge in [-0.15, -0.1) is 0 Å². The lowest BCUT2D eigenvalue weighted by molar-refractivity contribution is 1.34. The average Bonchev–Trinajstić information content (AvgIpc) is 2.65. The van der Waals surface area contributed by atoms with Crippen molar-refractivity contribution in [3.63, 3.8) is 0 Å². The zero-order valence-corrected chi connectivity index (χ0v) is 16.8. The summed E-state index contributed by atoms with van der Waals surface area (Å²) in [5, 5.41) is 2.71.